The number of para-hydroxylation sites is 1. The number of hydrogen-bond donors (Lipinski definition) is 1. The molecule has 1 N–H and O–H groups in total. The van der Waals surface area contributed by atoms with Crippen molar-refractivity contribution < 1.29 is 4.74 Å². The summed E-state index contributed by atoms with van der Waals surface area (Å²) in [4.78, 5) is 7.29. The van der Waals surface area contributed by atoms with Crippen LogP contribution in [0.4, 0.5) is 0 Å². The molecule has 2 rings (SSSR count). The van der Waals surface area contributed by atoms with Gasteiger partial charge in [-0.05, 0) is 26.0 Å². The van der Waals surface area contributed by atoms with Crippen LogP contribution in [0.15, 0.2) is 36.7 Å². The predicted octanol–water partition coefficient (Wildman–Crippen LogP) is 2.86. The molecule has 0 saturated heterocycles. The number of benzene rings is 1. The lowest BCUT2D eigenvalue weighted by Gasteiger charge is -2.12. The van der Waals surface area contributed by atoms with Crippen LogP contribution >= 0.6 is 0 Å². The molecule has 0 unspecified atom stereocenters. The highest BCUT2D eigenvalue weighted by molar-refractivity contribution is 5.63. The van der Waals surface area contributed by atoms with Crippen molar-refractivity contribution in [3.63, 3.8) is 0 Å². The third-order valence-electron chi connectivity index (χ3n) is 2.00. The third kappa shape index (κ3) is 2.18. The molecular weight excluding hydrogens is 188 g/mol. The Bertz CT molecular complexity index is 421. The van der Waals surface area contributed by atoms with Gasteiger partial charge in [0.15, 0.2) is 0 Å². The van der Waals surface area contributed by atoms with Crippen LogP contribution in [0.2, 0.25) is 0 Å². The van der Waals surface area contributed by atoms with Crippen LogP contribution in [0.5, 0.6) is 5.75 Å². The molecule has 15 heavy (non-hydrogen) atoms. The minimum absolute atomic E-state index is 0.168. The summed E-state index contributed by atoms with van der Waals surface area (Å²) < 4.78 is 5.71. The van der Waals surface area contributed by atoms with Gasteiger partial charge < -0.3 is 9.72 Å². The first kappa shape index (κ1) is 9.77. The smallest absolute Gasteiger partial charge is 0.141 e. The molecule has 0 aliphatic heterocycles. The second kappa shape index (κ2) is 4.17. The topological polar surface area (TPSA) is 37.9 Å². The maximum atomic E-state index is 5.71. The molecule has 0 amide bonds. The Morgan fingerprint density at radius 1 is 1.27 bits per heavy atom. The van der Waals surface area contributed by atoms with Crippen molar-refractivity contribution in [2.24, 2.45) is 0 Å². The van der Waals surface area contributed by atoms with Gasteiger partial charge in [0.25, 0.3) is 0 Å². The number of aromatic nitrogens is 2. The number of nitrogens with one attached hydrogen (secondary N) is 1. The molecule has 1 heterocycles. The molecule has 2 aromatic rings. The largest absolute Gasteiger partial charge is 0.490 e. The average Bonchev–Trinajstić information content (AvgIpc) is 2.70. The Morgan fingerprint density at radius 3 is 2.73 bits per heavy atom. The molecule has 0 aliphatic rings. The van der Waals surface area contributed by atoms with Crippen LogP contribution in [0.3, 0.4) is 0 Å². The summed E-state index contributed by atoms with van der Waals surface area (Å²) in [5.41, 5.74) is 0.996. The first-order valence-corrected chi connectivity index (χ1v) is 5.03. The SMILES string of the molecule is CC(C)Oc1ccccc1-c1ncc[nH]1. The van der Waals surface area contributed by atoms with Gasteiger partial charge in [0.1, 0.15) is 11.6 Å². The number of imidazole rings is 1. The van der Waals surface area contributed by atoms with Gasteiger partial charge in [-0.2, -0.15) is 0 Å². The number of H-pyrrole nitrogens is 1. The Morgan fingerprint density at radius 2 is 2.07 bits per heavy atom. The Hall–Kier alpha value is -1.77. The number of rotatable bonds is 3. The Balaban J connectivity index is 2.38. The van der Waals surface area contributed by atoms with E-state index in [1.54, 1.807) is 6.20 Å². The van der Waals surface area contributed by atoms with E-state index in [0.29, 0.717) is 0 Å². The summed E-state index contributed by atoms with van der Waals surface area (Å²) in [6.45, 7) is 4.03. The van der Waals surface area contributed by atoms with E-state index in [-0.39, 0.29) is 6.10 Å². The lowest BCUT2D eigenvalue weighted by molar-refractivity contribution is 0.243. The monoisotopic (exact) mass is 202 g/mol. The lowest BCUT2D eigenvalue weighted by Crippen LogP contribution is -2.06. The molecule has 0 bridgehead atoms. The summed E-state index contributed by atoms with van der Waals surface area (Å²) >= 11 is 0. The molecule has 0 atom stereocenters. The van der Waals surface area contributed by atoms with Crippen LogP contribution in [0.25, 0.3) is 11.4 Å². The van der Waals surface area contributed by atoms with Crippen molar-refractivity contribution in [1.82, 2.24) is 9.97 Å². The summed E-state index contributed by atoms with van der Waals surface area (Å²) in [6, 6.07) is 7.89. The second-order valence-corrected chi connectivity index (χ2v) is 3.60. The molecule has 0 saturated carbocycles. The maximum Gasteiger partial charge on any atom is 0.141 e. The number of aromatic amines is 1. The van der Waals surface area contributed by atoms with E-state index >= 15 is 0 Å². The van der Waals surface area contributed by atoms with Crippen LogP contribution in [0.1, 0.15) is 13.8 Å². The lowest BCUT2D eigenvalue weighted by atomic mass is 10.2. The van der Waals surface area contributed by atoms with Crippen molar-refractivity contribution in [1.29, 1.82) is 0 Å². The first-order valence-electron chi connectivity index (χ1n) is 5.03. The maximum absolute atomic E-state index is 5.71. The summed E-state index contributed by atoms with van der Waals surface area (Å²) in [6.07, 6.45) is 3.71. The summed E-state index contributed by atoms with van der Waals surface area (Å²) in [5, 5.41) is 0. The molecule has 78 valence electrons. The zero-order valence-electron chi connectivity index (χ0n) is 8.90. The summed E-state index contributed by atoms with van der Waals surface area (Å²) in [7, 11) is 0. The van der Waals surface area contributed by atoms with Gasteiger partial charge in [-0.1, -0.05) is 12.1 Å². The highest BCUT2D eigenvalue weighted by Gasteiger charge is 2.08. The number of nitrogens with zero attached hydrogens (tertiary/aromatic N) is 1. The van der Waals surface area contributed by atoms with E-state index in [4.69, 9.17) is 4.74 Å². The Labute approximate surface area is 89.1 Å². The minimum atomic E-state index is 0.168. The predicted molar refractivity (Wildman–Crippen MR) is 59.8 cm³/mol. The van der Waals surface area contributed by atoms with E-state index in [0.717, 1.165) is 17.1 Å². The van der Waals surface area contributed by atoms with Crippen LogP contribution in [-0.2, 0) is 0 Å². The minimum Gasteiger partial charge on any atom is -0.490 e. The van der Waals surface area contributed by atoms with E-state index in [1.807, 2.05) is 44.3 Å². The average molecular weight is 202 g/mol. The molecule has 1 aromatic carbocycles. The van der Waals surface area contributed by atoms with Gasteiger partial charge in [-0.25, -0.2) is 4.98 Å². The molecule has 3 nitrogen and oxygen atoms in total. The van der Waals surface area contributed by atoms with Crippen molar-refractivity contribution >= 4 is 0 Å². The summed E-state index contributed by atoms with van der Waals surface area (Å²) in [5.74, 6) is 1.70. The fraction of sp³-hybridized carbons (Fsp3) is 0.250. The van der Waals surface area contributed by atoms with E-state index in [2.05, 4.69) is 9.97 Å². The second-order valence-electron chi connectivity index (χ2n) is 3.60. The van der Waals surface area contributed by atoms with Crippen molar-refractivity contribution in [2.75, 3.05) is 0 Å². The van der Waals surface area contributed by atoms with Crippen LogP contribution in [-0.4, -0.2) is 16.1 Å². The zero-order valence-corrected chi connectivity index (χ0v) is 8.90. The zero-order chi connectivity index (χ0) is 10.7. The highest BCUT2D eigenvalue weighted by atomic mass is 16.5. The van der Waals surface area contributed by atoms with Gasteiger partial charge in [-0.3, -0.25) is 0 Å². The van der Waals surface area contributed by atoms with Gasteiger partial charge in [0.2, 0.25) is 0 Å². The number of hydrogen-bond acceptors (Lipinski definition) is 2. The normalized spacial score (nSPS) is 10.6. The molecular formula is C12H14N2O. The van der Waals surface area contributed by atoms with E-state index in [9.17, 15) is 0 Å². The van der Waals surface area contributed by atoms with Gasteiger partial charge in [-0.15, -0.1) is 0 Å². The van der Waals surface area contributed by atoms with Gasteiger partial charge >= 0.3 is 0 Å². The first-order chi connectivity index (χ1) is 7.27. The molecule has 0 fully saturated rings. The van der Waals surface area contributed by atoms with E-state index < -0.39 is 0 Å². The van der Waals surface area contributed by atoms with Crippen molar-refractivity contribution in [3.8, 4) is 17.1 Å². The van der Waals surface area contributed by atoms with Crippen molar-refractivity contribution in [3.05, 3.63) is 36.7 Å². The fourth-order valence-electron chi connectivity index (χ4n) is 1.43. The van der Waals surface area contributed by atoms with Crippen molar-refractivity contribution in [2.45, 2.75) is 20.0 Å². The quantitative estimate of drug-likeness (QED) is 0.831. The van der Waals surface area contributed by atoms with Crippen LogP contribution in [0, 0.1) is 0 Å². The van der Waals surface area contributed by atoms with Gasteiger partial charge in [0, 0.05) is 12.4 Å². The number of ether oxygens (including phenoxy) is 1. The standard InChI is InChI=1S/C12H14N2O/c1-9(2)15-11-6-4-3-5-10(11)12-13-7-8-14-12/h3-9H,1-2H3,(H,13,14). The van der Waals surface area contributed by atoms with Gasteiger partial charge in [0.05, 0.1) is 11.7 Å². The fourth-order valence-corrected chi connectivity index (χ4v) is 1.43. The highest BCUT2D eigenvalue weighted by Crippen LogP contribution is 2.27. The molecule has 0 aliphatic carbocycles. The molecule has 0 radical (unpaired) electrons. The Kier molecular flexibility index (Phi) is 2.72. The molecule has 3 heteroatoms. The van der Waals surface area contributed by atoms with Crippen LogP contribution < -0.4 is 4.74 Å². The van der Waals surface area contributed by atoms with E-state index in [1.165, 1.54) is 0 Å². The third-order valence-corrected chi connectivity index (χ3v) is 2.00. The molecule has 0 spiro atoms. The molecule has 1 aromatic heterocycles.